The number of carbonyl (C=O) groups is 2. The summed E-state index contributed by atoms with van der Waals surface area (Å²) in [5, 5.41) is 10.2. The van der Waals surface area contributed by atoms with Gasteiger partial charge in [-0.15, -0.1) is 0 Å². The number of carboxylic acids is 1. The maximum Gasteiger partial charge on any atom is 0.304 e. The van der Waals surface area contributed by atoms with Crippen LogP contribution in [0.15, 0.2) is 0 Å². The minimum atomic E-state index is -1.49. The van der Waals surface area contributed by atoms with Crippen LogP contribution in [0.3, 0.4) is 0 Å². The van der Waals surface area contributed by atoms with E-state index in [1.165, 1.54) is 0 Å². The number of rotatable bonds is 7. The van der Waals surface area contributed by atoms with Gasteiger partial charge < -0.3 is 10.4 Å². The molecule has 0 aliphatic rings. The lowest BCUT2D eigenvalue weighted by Crippen LogP contribution is -2.48. The molecule has 0 radical (unpaired) electrons. The van der Waals surface area contributed by atoms with Gasteiger partial charge in [0.15, 0.2) is 0 Å². The molecular weight excluding hydrogens is 254 g/mol. The summed E-state index contributed by atoms with van der Waals surface area (Å²) >= 11 is 0. The highest BCUT2D eigenvalue weighted by Gasteiger charge is 2.28. The first-order valence-corrected chi connectivity index (χ1v) is 7.31. The van der Waals surface area contributed by atoms with E-state index in [0.29, 0.717) is 0 Å². The van der Waals surface area contributed by atoms with Crippen LogP contribution in [0.4, 0.5) is 0 Å². The summed E-state index contributed by atoms with van der Waals surface area (Å²) in [5.74, 6) is -1.30. The Bertz CT molecular complexity index is 341. The van der Waals surface area contributed by atoms with Crippen LogP contribution in [-0.2, 0) is 20.4 Å². The summed E-state index contributed by atoms with van der Waals surface area (Å²) in [6.07, 6.45) is 0.574. The van der Waals surface area contributed by atoms with E-state index in [-0.39, 0.29) is 17.9 Å². The molecule has 0 aromatic heterocycles. The first kappa shape index (κ1) is 17.1. The van der Waals surface area contributed by atoms with E-state index in [4.69, 9.17) is 5.11 Å². The van der Waals surface area contributed by atoms with Crippen LogP contribution in [0.25, 0.3) is 0 Å². The van der Waals surface area contributed by atoms with Gasteiger partial charge in [0, 0.05) is 21.6 Å². The van der Waals surface area contributed by atoms with Gasteiger partial charge in [-0.05, 0) is 27.2 Å². The summed E-state index contributed by atoms with van der Waals surface area (Å²) < 4.78 is 12.0. The van der Waals surface area contributed by atoms with Crippen molar-refractivity contribution in [1.29, 1.82) is 0 Å². The van der Waals surface area contributed by atoms with Gasteiger partial charge in [0.2, 0.25) is 5.91 Å². The highest BCUT2D eigenvalue weighted by Crippen LogP contribution is 2.12. The maximum absolute atomic E-state index is 12.0. The monoisotopic (exact) mass is 277 g/mol. The summed E-state index contributed by atoms with van der Waals surface area (Å²) in [4.78, 5) is 22.4. The molecule has 0 saturated heterocycles. The molecule has 0 rings (SSSR count). The molecule has 0 aromatic carbocycles. The number of amides is 1. The second kappa shape index (κ2) is 6.87. The Kier molecular flexibility index (Phi) is 6.52. The van der Waals surface area contributed by atoms with E-state index in [0.717, 1.165) is 6.42 Å². The van der Waals surface area contributed by atoms with Gasteiger partial charge >= 0.3 is 5.97 Å². The molecule has 0 aromatic rings. The van der Waals surface area contributed by atoms with Crippen LogP contribution in [0.1, 0.15) is 47.5 Å². The normalized spacial score (nSPS) is 16.7. The molecule has 18 heavy (non-hydrogen) atoms. The van der Waals surface area contributed by atoms with Gasteiger partial charge in [-0.1, -0.05) is 13.8 Å². The third kappa shape index (κ3) is 5.62. The molecule has 5 nitrogen and oxygen atoms in total. The van der Waals surface area contributed by atoms with Crippen LogP contribution >= 0.6 is 0 Å². The standard InChI is InChI=1S/C12H23NO4S/c1-6-12(4,5)13-11(16)9(3)18(17)8(2)7-10(14)15/h8-9H,6-7H2,1-5H3,(H,13,16)(H,14,15). The van der Waals surface area contributed by atoms with Crippen molar-refractivity contribution in [3.05, 3.63) is 0 Å². The zero-order valence-corrected chi connectivity index (χ0v) is 12.5. The molecule has 0 aliphatic carbocycles. The Morgan fingerprint density at radius 1 is 1.33 bits per heavy atom. The SMILES string of the molecule is CCC(C)(C)NC(=O)C(C)S(=O)C(C)CC(=O)O. The molecule has 3 unspecified atom stereocenters. The van der Waals surface area contributed by atoms with E-state index in [2.05, 4.69) is 5.32 Å². The molecule has 6 heteroatoms. The highest BCUT2D eigenvalue weighted by atomic mass is 32.2. The van der Waals surface area contributed by atoms with Crippen molar-refractivity contribution in [3.63, 3.8) is 0 Å². The van der Waals surface area contributed by atoms with Crippen LogP contribution in [0.2, 0.25) is 0 Å². The third-order valence-corrected chi connectivity index (χ3v) is 4.79. The Morgan fingerprint density at radius 3 is 2.22 bits per heavy atom. The Balaban J connectivity index is 4.55. The molecular formula is C12H23NO4S. The van der Waals surface area contributed by atoms with Crippen LogP contribution in [0.5, 0.6) is 0 Å². The molecule has 0 heterocycles. The number of hydrogen-bond acceptors (Lipinski definition) is 3. The van der Waals surface area contributed by atoms with Gasteiger partial charge in [0.1, 0.15) is 5.25 Å². The molecule has 0 spiro atoms. The van der Waals surface area contributed by atoms with E-state index in [1.54, 1.807) is 13.8 Å². The maximum atomic E-state index is 12.0. The van der Waals surface area contributed by atoms with E-state index < -0.39 is 27.3 Å². The molecule has 1 amide bonds. The minimum absolute atomic E-state index is 0.193. The summed E-state index contributed by atoms with van der Waals surface area (Å²) in [7, 11) is -1.49. The summed E-state index contributed by atoms with van der Waals surface area (Å²) in [6, 6.07) is 0. The lowest BCUT2D eigenvalue weighted by molar-refractivity contribution is -0.137. The molecule has 2 N–H and O–H groups in total. The van der Waals surface area contributed by atoms with Gasteiger partial charge in [0.25, 0.3) is 0 Å². The average Bonchev–Trinajstić information content (AvgIpc) is 2.25. The molecule has 0 fully saturated rings. The zero-order valence-electron chi connectivity index (χ0n) is 11.6. The largest absolute Gasteiger partial charge is 0.481 e. The molecule has 0 aliphatic heterocycles. The second-order valence-corrected chi connectivity index (χ2v) is 7.27. The van der Waals surface area contributed by atoms with Crippen molar-refractivity contribution in [2.45, 2.75) is 63.5 Å². The quantitative estimate of drug-likeness (QED) is 0.734. The Morgan fingerprint density at radius 2 is 1.83 bits per heavy atom. The Labute approximate surface area is 111 Å². The lowest BCUT2D eigenvalue weighted by Gasteiger charge is -2.27. The topological polar surface area (TPSA) is 83.5 Å². The number of hydrogen-bond donors (Lipinski definition) is 2. The van der Waals surface area contributed by atoms with Gasteiger partial charge in [-0.2, -0.15) is 0 Å². The van der Waals surface area contributed by atoms with Gasteiger partial charge in [-0.3, -0.25) is 13.8 Å². The van der Waals surface area contributed by atoms with Crippen LogP contribution in [0, 0.1) is 0 Å². The van der Waals surface area contributed by atoms with Crippen molar-refractivity contribution >= 4 is 22.7 Å². The van der Waals surface area contributed by atoms with Gasteiger partial charge in [-0.25, -0.2) is 0 Å². The smallest absolute Gasteiger partial charge is 0.304 e. The fraction of sp³-hybridized carbons (Fsp3) is 0.833. The zero-order chi connectivity index (χ0) is 14.5. The first-order valence-electron chi connectivity index (χ1n) is 6.04. The fourth-order valence-electron chi connectivity index (χ4n) is 1.31. The van der Waals surface area contributed by atoms with Crippen molar-refractivity contribution in [2.75, 3.05) is 0 Å². The van der Waals surface area contributed by atoms with Crippen molar-refractivity contribution in [2.24, 2.45) is 0 Å². The number of carbonyl (C=O) groups excluding carboxylic acids is 1. The second-order valence-electron chi connectivity index (χ2n) is 5.11. The van der Waals surface area contributed by atoms with Crippen LogP contribution < -0.4 is 5.32 Å². The van der Waals surface area contributed by atoms with Crippen molar-refractivity contribution < 1.29 is 18.9 Å². The first-order chi connectivity index (χ1) is 8.10. The molecule has 106 valence electrons. The molecule has 3 atom stereocenters. The Hall–Kier alpha value is -0.910. The molecule has 0 saturated carbocycles. The van der Waals surface area contributed by atoms with E-state index in [9.17, 15) is 13.8 Å². The summed E-state index contributed by atoms with van der Waals surface area (Å²) in [5.41, 5.74) is -0.342. The number of aliphatic carboxylic acids is 1. The summed E-state index contributed by atoms with van der Waals surface area (Å²) in [6.45, 7) is 8.88. The highest BCUT2D eigenvalue weighted by molar-refractivity contribution is 7.87. The third-order valence-electron chi connectivity index (χ3n) is 2.92. The molecule has 0 bridgehead atoms. The fourth-order valence-corrected chi connectivity index (χ4v) is 2.58. The predicted molar refractivity (Wildman–Crippen MR) is 71.8 cm³/mol. The minimum Gasteiger partial charge on any atom is -0.481 e. The van der Waals surface area contributed by atoms with Crippen molar-refractivity contribution in [1.82, 2.24) is 5.32 Å². The van der Waals surface area contributed by atoms with Gasteiger partial charge in [0.05, 0.1) is 6.42 Å². The van der Waals surface area contributed by atoms with Crippen LogP contribution in [-0.4, -0.2) is 37.2 Å². The van der Waals surface area contributed by atoms with E-state index >= 15 is 0 Å². The average molecular weight is 277 g/mol. The lowest BCUT2D eigenvalue weighted by atomic mass is 10.0. The van der Waals surface area contributed by atoms with E-state index in [1.807, 2.05) is 20.8 Å². The van der Waals surface area contributed by atoms with Crippen molar-refractivity contribution in [3.8, 4) is 0 Å². The number of carboxylic acid groups (broad SMARTS) is 1. The predicted octanol–water partition coefficient (Wildman–Crippen LogP) is 1.29. The number of nitrogens with one attached hydrogen (secondary N) is 1.